The fourth-order valence-corrected chi connectivity index (χ4v) is 6.68. The standard InChI is InChI=1S/C30H34N2O4S/c1-35-25-14-13-23(37-2)17-22(25)18-31-28-24-15-16-32(19-26(24)36-30(33)34)29(28)27(20-9-5-3-6-10-20)21-11-7-4-8-12-21/h3-14,17,24,26-29,31H,15-16,18-19H2,1-2H3,(H,33,34)/t24-,26+,28+,29+/m1/s1. The van der Waals surface area contributed by atoms with E-state index in [1.807, 2.05) is 6.07 Å². The van der Waals surface area contributed by atoms with Gasteiger partial charge < -0.3 is 19.9 Å². The fourth-order valence-electron chi connectivity index (χ4n) is 6.22. The highest BCUT2D eigenvalue weighted by Gasteiger charge is 2.51. The third kappa shape index (κ3) is 5.49. The average Bonchev–Trinajstić information content (AvgIpc) is 2.93. The molecule has 3 aliphatic rings. The maximum Gasteiger partial charge on any atom is 0.506 e. The number of carbonyl (C=O) groups is 1. The lowest BCUT2D eigenvalue weighted by atomic mass is 9.69. The van der Waals surface area contributed by atoms with Crippen molar-refractivity contribution in [3.8, 4) is 5.75 Å². The zero-order valence-corrected chi connectivity index (χ0v) is 22.1. The van der Waals surface area contributed by atoms with Crippen LogP contribution < -0.4 is 10.1 Å². The number of methoxy groups -OCH3 is 1. The number of nitrogens with one attached hydrogen (secondary N) is 1. The lowest BCUT2D eigenvalue weighted by molar-refractivity contribution is -0.0951. The Morgan fingerprint density at radius 2 is 1.76 bits per heavy atom. The number of benzene rings is 3. The van der Waals surface area contributed by atoms with Crippen LogP contribution in [0.5, 0.6) is 5.75 Å². The second kappa shape index (κ2) is 11.6. The molecule has 3 fully saturated rings. The Balaban J connectivity index is 1.53. The molecule has 2 bridgehead atoms. The Morgan fingerprint density at radius 1 is 1.08 bits per heavy atom. The predicted octanol–water partition coefficient (Wildman–Crippen LogP) is 5.47. The number of thioether (sulfide) groups is 1. The number of rotatable bonds is 9. The molecule has 6 nitrogen and oxygen atoms in total. The molecule has 0 aliphatic carbocycles. The number of ether oxygens (including phenoxy) is 2. The summed E-state index contributed by atoms with van der Waals surface area (Å²) < 4.78 is 11.1. The largest absolute Gasteiger partial charge is 0.506 e. The van der Waals surface area contributed by atoms with Crippen LogP contribution in [-0.2, 0) is 11.3 Å². The van der Waals surface area contributed by atoms with Gasteiger partial charge in [-0.25, -0.2) is 4.79 Å². The van der Waals surface area contributed by atoms with E-state index in [4.69, 9.17) is 9.47 Å². The van der Waals surface area contributed by atoms with E-state index < -0.39 is 6.16 Å². The zero-order valence-electron chi connectivity index (χ0n) is 21.2. The lowest BCUT2D eigenvalue weighted by Crippen LogP contribution is -2.69. The summed E-state index contributed by atoms with van der Waals surface area (Å²) in [4.78, 5) is 15.2. The van der Waals surface area contributed by atoms with Gasteiger partial charge in [-0.15, -0.1) is 11.8 Å². The van der Waals surface area contributed by atoms with Crippen LogP contribution in [0.25, 0.3) is 0 Å². The maximum atomic E-state index is 11.6. The van der Waals surface area contributed by atoms with E-state index in [0.29, 0.717) is 13.1 Å². The SMILES string of the molecule is COc1ccc(SC)cc1CN[C@H]1[C@@H]2CCN(C[C@@H]2OC(=O)O)[C@H]1C(c1ccccc1)c1ccccc1. The van der Waals surface area contributed by atoms with Gasteiger partial charge in [-0.05, 0) is 48.5 Å². The minimum atomic E-state index is -1.20. The first-order chi connectivity index (χ1) is 18.1. The van der Waals surface area contributed by atoms with E-state index >= 15 is 0 Å². The molecule has 194 valence electrons. The molecule has 0 amide bonds. The molecule has 0 saturated carbocycles. The van der Waals surface area contributed by atoms with Gasteiger partial charge in [0.2, 0.25) is 0 Å². The van der Waals surface area contributed by atoms with Crippen LogP contribution in [0.15, 0.2) is 83.8 Å². The Morgan fingerprint density at radius 3 is 2.35 bits per heavy atom. The molecule has 3 aliphatic heterocycles. The molecule has 0 spiro atoms. The van der Waals surface area contributed by atoms with E-state index in [-0.39, 0.29) is 30.0 Å². The molecular formula is C30H34N2O4S. The second-order valence-corrected chi connectivity index (χ2v) is 10.6. The van der Waals surface area contributed by atoms with Crippen molar-refractivity contribution in [1.29, 1.82) is 0 Å². The summed E-state index contributed by atoms with van der Waals surface area (Å²) in [6.07, 6.45) is 1.41. The first-order valence-electron chi connectivity index (χ1n) is 12.8. The number of hydrogen-bond acceptors (Lipinski definition) is 6. The summed E-state index contributed by atoms with van der Waals surface area (Å²) >= 11 is 1.71. The molecule has 1 unspecified atom stereocenters. The van der Waals surface area contributed by atoms with Gasteiger partial charge in [-0.2, -0.15) is 0 Å². The van der Waals surface area contributed by atoms with Crippen molar-refractivity contribution in [2.45, 2.75) is 42.0 Å². The molecule has 2 N–H and O–H groups in total. The normalized spacial score (nSPS) is 24.7. The van der Waals surface area contributed by atoms with Crippen LogP contribution in [0, 0.1) is 5.92 Å². The first kappa shape index (κ1) is 25.6. The van der Waals surface area contributed by atoms with E-state index in [1.54, 1.807) is 18.9 Å². The van der Waals surface area contributed by atoms with Crippen molar-refractivity contribution in [3.63, 3.8) is 0 Å². The third-order valence-electron chi connectivity index (χ3n) is 7.82. The fraction of sp³-hybridized carbons (Fsp3) is 0.367. The van der Waals surface area contributed by atoms with Gasteiger partial charge in [0.15, 0.2) is 0 Å². The summed E-state index contributed by atoms with van der Waals surface area (Å²) in [5, 5.41) is 13.3. The van der Waals surface area contributed by atoms with Gasteiger partial charge in [-0.1, -0.05) is 60.7 Å². The maximum absolute atomic E-state index is 11.6. The van der Waals surface area contributed by atoms with Crippen molar-refractivity contribution in [3.05, 3.63) is 95.6 Å². The van der Waals surface area contributed by atoms with Crippen LogP contribution >= 0.6 is 11.8 Å². The molecule has 3 aromatic carbocycles. The summed E-state index contributed by atoms with van der Waals surface area (Å²) in [6, 6.07) is 27.7. The van der Waals surface area contributed by atoms with Crippen LogP contribution in [-0.4, -0.2) is 60.8 Å². The quantitative estimate of drug-likeness (QED) is 0.287. The van der Waals surface area contributed by atoms with E-state index in [1.165, 1.54) is 16.0 Å². The van der Waals surface area contributed by atoms with Crippen LogP contribution in [0.4, 0.5) is 4.79 Å². The van der Waals surface area contributed by atoms with Crippen LogP contribution in [0.2, 0.25) is 0 Å². The molecule has 3 aromatic rings. The molecule has 0 aromatic heterocycles. The van der Waals surface area contributed by atoms with Gasteiger partial charge in [-0.3, -0.25) is 4.90 Å². The third-order valence-corrected chi connectivity index (χ3v) is 8.54. The highest BCUT2D eigenvalue weighted by Crippen LogP contribution is 2.43. The van der Waals surface area contributed by atoms with Gasteiger partial charge in [0, 0.05) is 47.5 Å². The van der Waals surface area contributed by atoms with Gasteiger partial charge in [0.25, 0.3) is 0 Å². The van der Waals surface area contributed by atoms with Crippen LogP contribution in [0.3, 0.4) is 0 Å². The Labute approximate surface area is 223 Å². The minimum Gasteiger partial charge on any atom is -0.496 e. The molecule has 3 heterocycles. The van der Waals surface area contributed by atoms with E-state index in [2.05, 4.69) is 89.3 Å². The highest BCUT2D eigenvalue weighted by molar-refractivity contribution is 7.98. The highest BCUT2D eigenvalue weighted by atomic mass is 32.2. The summed E-state index contributed by atoms with van der Waals surface area (Å²) in [7, 11) is 1.70. The molecule has 6 rings (SSSR count). The lowest BCUT2D eigenvalue weighted by Gasteiger charge is -2.56. The monoisotopic (exact) mass is 518 g/mol. The van der Waals surface area contributed by atoms with Crippen molar-refractivity contribution in [1.82, 2.24) is 10.2 Å². The number of nitrogens with zero attached hydrogens (tertiary/aromatic N) is 1. The second-order valence-electron chi connectivity index (χ2n) is 9.74. The first-order valence-corrected chi connectivity index (χ1v) is 14.0. The van der Waals surface area contributed by atoms with Crippen LogP contribution in [0.1, 0.15) is 29.0 Å². The Hall–Kier alpha value is -3.00. The number of piperidine rings is 3. The Bertz CT molecular complexity index is 1150. The Kier molecular flexibility index (Phi) is 8.03. The molecular weight excluding hydrogens is 484 g/mol. The van der Waals surface area contributed by atoms with Crippen molar-refractivity contribution in [2.75, 3.05) is 26.5 Å². The van der Waals surface area contributed by atoms with Crippen molar-refractivity contribution < 1.29 is 19.4 Å². The summed E-state index contributed by atoms with van der Waals surface area (Å²) in [6.45, 7) is 2.16. The molecule has 7 heteroatoms. The zero-order chi connectivity index (χ0) is 25.8. The number of hydrogen-bond donors (Lipinski definition) is 2. The van der Waals surface area contributed by atoms with Gasteiger partial charge in [0.05, 0.1) is 7.11 Å². The topological polar surface area (TPSA) is 71.0 Å². The average molecular weight is 519 g/mol. The van der Waals surface area contributed by atoms with Crippen molar-refractivity contribution >= 4 is 17.9 Å². The molecule has 0 radical (unpaired) electrons. The van der Waals surface area contributed by atoms with E-state index in [9.17, 15) is 9.90 Å². The molecule has 3 saturated heterocycles. The van der Waals surface area contributed by atoms with Gasteiger partial charge >= 0.3 is 6.16 Å². The van der Waals surface area contributed by atoms with Crippen molar-refractivity contribution in [2.24, 2.45) is 5.92 Å². The van der Waals surface area contributed by atoms with Gasteiger partial charge in [0.1, 0.15) is 11.9 Å². The molecule has 37 heavy (non-hydrogen) atoms. The molecule has 5 atom stereocenters. The smallest absolute Gasteiger partial charge is 0.496 e. The summed E-state index contributed by atoms with van der Waals surface area (Å²) in [5.74, 6) is 1.06. The van der Waals surface area contributed by atoms with E-state index in [0.717, 1.165) is 24.3 Å². The predicted molar refractivity (Wildman–Crippen MR) is 146 cm³/mol. The summed E-state index contributed by atoms with van der Waals surface area (Å²) in [5.41, 5.74) is 3.61. The number of carboxylic acid groups (broad SMARTS) is 1. The number of fused-ring (bicyclic) bond motifs is 3. The minimum absolute atomic E-state index is 0.0277.